The minimum absolute atomic E-state index is 0.0157. The molecule has 1 fully saturated rings. The number of halogens is 4. The van der Waals surface area contributed by atoms with E-state index >= 15 is 4.39 Å². The van der Waals surface area contributed by atoms with E-state index in [-0.39, 0.29) is 29.1 Å². The summed E-state index contributed by atoms with van der Waals surface area (Å²) in [4.78, 5) is 37.6. The number of nitrogens with zero attached hydrogens (tertiary/aromatic N) is 2. The number of pyridine rings is 1. The van der Waals surface area contributed by atoms with Gasteiger partial charge in [0, 0.05) is 37.1 Å². The van der Waals surface area contributed by atoms with Crippen LogP contribution in [0.3, 0.4) is 0 Å². The highest BCUT2D eigenvalue weighted by Crippen LogP contribution is 2.30. The average Bonchev–Trinajstić information content (AvgIpc) is 2.81. The van der Waals surface area contributed by atoms with E-state index in [0.717, 1.165) is 24.4 Å². The van der Waals surface area contributed by atoms with E-state index in [1.54, 1.807) is 4.90 Å². The molecule has 12 heteroatoms. The number of ether oxygens (including phenoxy) is 1. The molecule has 0 bridgehead atoms. The molecule has 1 saturated heterocycles. The number of benzene rings is 2. The Morgan fingerprint density at radius 3 is 2.31 bits per heavy atom. The molecular weight excluding hydrogens is 486 g/mol. The second-order valence-electron chi connectivity index (χ2n) is 8.48. The Morgan fingerprint density at radius 1 is 1.11 bits per heavy atom. The van der Waals surface area contributed by atoms with E-state index in [1.807, 2.05) is 0 Å². The third-order valence-corrected chi connectivity index (χ3v) is 6.13. The first-order chi connectivity index (χ1) is 16.9. The second-order valence-corrected chi connectivity index (χ2v) is 8.48. The topological polar surface area (TPSA) is 115 Å². The summed E-state index contributed by atoms with van der Waals surface area (Å²) in [5.74, 6) is -3.38. The molecule has 190 valence electrons. The van der Waals surface area contributed by atoms with E-state index in [0.29, 0.717) is 31.5 Å². The molecule has 0 aliphatic carbocycles. The number of nitrogens with two attached hydrogens (primary N) is 1. The average molecular weight is 507 g/mol. The van der Waals surface area contributed by atoms with Gasteiger partial charge in [-0.3, -0.25) is 9.59 Å². The predicted octanol–water partition coefficient (Wildman–Crippen LogP) is 3.49. The molecular formula is C24H21F4N3O5. The quantitative estimate of drug-likeness (QED) is 0.494. The van der Waals surface area contributed by atoms with Gasteiger partial charge >= 0.3 is 12.3 Å². The van der Waals surface area contributed by atoms with E-state index in [1.165, 1.54) is 22.8 Å². The molecule has 1 aromatic heterocycles. The van der Waals surface area contributed by atoms with E-state index < -0.39 is 40.8 Å². The van der Waals surface area contributed by atoms with Crippen LogP contribution in [0.5, 0.6) is 5.75 Å². The SMILES string of the molecule is NC(=O)C1CCN(c2cc3c(cc2F)c(=O)c(C(=O)O)cn3Cc2ccc(OC(F)(F)F)cc2)CC1. The summed E-state index contributed by atoms with van der Waals surface area (Å²) >= 11 is 0. The number of aromatic carboxylic acids is 1. The molecule has 1 amide bonds. The Morgan fingerprint density at radius 2 is 1.75 bits per heavy atom. The molecule has 0 atom stereocenters. The fraction of sp³-hybridized carbons (Fsp3) is 0.292. The van der Waals surface area contributed by atoms with Crippen molar-refractivity contribution in [3.05, 3.63) is 69.8 Å². The van der Waals surface area contributed by atoms with Crippen LogP contribution in [0.25, 0.3) is 10.9 Å². The normalized spacial score (nSPS) is 14.7. The Hall–Kier alpha value is -4.09. The fourth-order valence-electron chi connectivity index (χ4n) is 4.32. The third-order valence-electron chi connectivity index (χ3n) is 6.13. The molecule has 1 aliphatic heterocycles. The molecule has 2 aromatic carbocycles. The van der Waals surface area contributed by atoms with Gasteiger partial charge in [-0.25, -0.2) is 9.18 Å². The summed E-state index contributed by atoms with van der Waals surface area (Å²) in [6, 6.07) is 7.37. The molecule has 3 aromatic rings. The first kappa shape index (κ1) is 25.0. The number of carboxylic acid groups (broad SMARTS) is 1. The van der Waals surface area contributed by atoms with Crippen molar-refractivity contribution in [1.29, 1.82) is 0 Å². The minimum Gasteiger partial charge on any atom is -0.477 e. The highest BCUT2D eigenvalue weighted by atomic mass is 19.4. The molecule has 0 radical (unpaired) electrons. The number of aromatic nitrogens is 1. The monoisotopic (exact) mass is 507 g/mol. The summed E-state index contributed by atoms with van der Waals surface area (Å²) in [6.07, 6.45) is -2.86. The smallest absolute Gasteiger partial charge is 0.477 e. The number of hydrogen-bond acceptors (Lipinski definition) is 5. The molecule has 0 unspecified atom stereocenters. The lowest BCUT2D eigenvalue weighted by molar-refractivity contribution is -0.274. The van der Waals surface area contributed by atoms with Crippen molar-refractivity contribution in [2.45, 2.75) is 25.7 Å². The van der Waals surface area contributed by atoms with Crippen LogP contribution in [0.2, 0.25) is 0 Å². The van der Waals surface area contributed by atoms with Crippen LogP contribution in [0.1, 0.15) is 28.8 Å². The van der Waals surface area contributed by atoms with Gasteiger partial charge in [-0.1, -0.05) is 12.1 Å². The zero-order valence-electron chi connectivity index (χ0n) is 18.7. The Kier molecular flexibility index (Phi) is 6.61. The van der Waals surface area contributed by atoms with Crippen LogP contribution in [0, 0.1) is 11.7 Å². The molecule has 1 aliphatic rings. The minimum atomic E-state index is -4.85. The van der Waals surface area contributed by atoms with Gasteiger partial charge in [0.1, 0.15) is 17.1 Å². The zero-order valence-corrected chi connectivity index (χ0v) is 18.7. The largest absolute Gasteiger partial charge is 0.573 e. The third kappa shape index (κ3) is 5.26. The lowest BCUT2D eigenvalue weighted by atomic mass is 9.95. The highest BCUT2D eigenvalue weighted by Gasteiger charge is 2.31. The van der Waals surface area contributed by atoms with Crippen molar-refractivity contribution in [1.82, 2.24) is 4.57 Å². The van der Waals surface area contributed by atoms with Crippen molar-refractivity contribution >= 4 is 28.5 Å². The van der Waals surface area contributed by atoms with Gasteiger partial charge in [0.15, 0.2) is 0 Å². The van der Waals surface area contributed by atoms with Crippen LogP contribution in [0.4, 0.5) is 23.2 Å². The Bertz CT molecular complexity index is 1380. The molecule has 2 heterocycles. The van der Waals surface area contributed by atoms with Gasteiger partial charge in [0.25, 0.3) is 0 Å². The van der Waals surface area contributed by atoms with Gasteiger partial charge in [-0.2, -0.15) is 0 Å². The molecule has 8 nitrogen and oxygen atoms in total. The summed E-state index contributed by atoms with van der Waals surface area (Å²) in [6.45, 7) is 0.695. The van der Waals surface area contributed by atoms with Crippen LogP contribution in [-0.2, 0) is 11.3 Å². The first-order valence-electron chi connectivity index (χ1n) is 10.9. The summed E-state index contributed by atoms with van der Waals surface area (Å²) in [5.41, 5.74) is 4.83. The second kappa shape index (κ2) is 9.51. The number of piperidine rings is 1. The van der Waals surface area contributed by atoms with Gasteiger partial charge < -0.3 is 25.0 Å². The van der Waals surface area contributed by atoms with Crippen molar-refractivity contribution in [2.75, 3.05) is 18.0 Å². The van der Waals surface area contributed by atoms with Crippen molar-refractivity contribution < 1.29 is 37.0 Å². The lowest BCUT2D eigenvalue weighted by Gasteiger charge is -2.32. The van der Waals surface area contributed by atoms with E-state index in [4.69, 9.17) is 5.73 Å². The van der Waals surface area contributed by atoms with Gasteiger partial charge in [0.05, 0.1) is 11.2 Å². The fourth-order valence-corrected chi connectivity index (χ4v) is 4.32. The van der Waals surface area contributed by atoms with Crippen molar-refractivity contribution in [3.63, 3.8) is 0 Å². The number of anilines is 1. The maximum Gasteiger partial charge on any atom is 0.573 e. The molecule has 36 heavy (non-hydrogen) atoms. The number of hydrogen-bond donors (Lipinski definition) is 2. The summed E-state index contributed by atoms with van der Waals surface area (Å²) < 4.78 is 57.7. The zero-order chi connectivity index (χ0) is 26.2. The predicted molar refractivity (Wildman–Crippen MR) is 121 cm³/mol. The highest BCUT2D eigenvalue weighted by molar-refractivity contribution is 5.93. The standard InChI is InChI=1S/C24H21F4N3O5/c25-18-9-16-19(10-20(18)30-7-5-14(6-8-30)22(29)33)31(12-17(21(16)32)23(34)35)11-13-1-3-15(4-2-13)36-24(26,27)28/h1-4,9-10,12,14H,5-8,11H2,(H2,29,33)(H,34,35). The Labute approximate surface area is 201 Å². The van der Waals surface area contributed by atoms with Crippen LogP contribution in [-0.4, -0.2) is 41.0 Å². The van der Waals surface area contributed by atoms with Crippen molar-refractivity contribution in [2.24, 2.45) is 11.7 Å². The summed E-state index contributed by atoms with van der Waals surface area (Å²) in [5, 5.41) is 9.33. The van der Waals surface area contributed by atoms with E-state index in [9.17, 15) is 32.7 Å². The molecule has 0 saturated carbocycles. The Balaban J connectivity index is 1.74. The number of carbonyl (C=O) groups is 2. The number of rotatable bonds is 6. The van der Waals surface area contributed by atoms with Crippen LogP contribution in [0.15, 0.2) is 47.4 Å². The van der Waals surface area contributed by atoms with Gasteiger partial charge in [-0.05, 0) is 42.7 Å². The number of alkyl halides is 3. The molecule has 0 spiro atoms. The number of amides is 1. The number of carboxylic acids is 1. The molecule has 3 N–H and O–H groups in total. The summed E-state index contributed by atoms with van der Waals surface area (Å²) in [7, 11) is 0. The first-order valence-corrected chi connectivity index (χ1v) is 10.9. The van der Waals surface area contributed by atoms with Gasteiger partial charge in [-0.15, -0.1) is 13.2 Å². The van der Waals surface area contributed by atoms with Gasteiger partial charge in [0.2, 0.25) is 11.3 Å². The van der Waals surface area contributed by atoms with E-state index in [2.05, 4.69) is 4.74 Å². The van der Waals surface area contributed by atoms with Crippen molar-refractivity contribution in [3.8, 4) is 5.75 Å². The molecule has 4 rings (SSSR count). The maximum atomic E-state index is 15.1. The number of fused-ring (bicyclic) bond motifs is 1. The lowest BCUT2D eigenvalue weighted by Crippen LogP contribution is -2.39. The number of primary amides is 1. The number of carbonyl (C=O) groups excluding carboxylic acids is 1. The maximum absolute atomic E-state index is 15.1. The van der Waals surface area contributed by atoms with Crippen LogP contribution >= 0.6 is 0 Å². The van der Waals surface area contributed by atoms with Crippen LogP contribution < -0.4 is 20.8 Å².